The lowest BCUT2D eigenvalue weighted by Crippen LogP contribution is -2.40. The molecule has 2 aromatic heterocycles. The number of hydrogen-bond donors (Lipinski definition) is 1. The lowest BCUT2D eigenvalue weighted by Gasteiger charge is -2.29. The minimum atomic E-state index is -0.241. The summed E-state index contributed by atoms with van der Waals surface area (Å²) in [5, 5.41) is 12.9. The van der Waals surface area contributed by atoms with Crippen molar-refractivity contribution >= 4 is 28.0 Å². The number of aryl methyl sites for hydroxylation is 1. The number of likely N-dealkylation sites (N-methyl/N-ethyl adjacent to an activating group) is 1. The molecule has 7 heteroatoms. The number of carbonyl (C=O) groups excluding carboxylic acids is 1. The van der Waals surface area contributed by atoms with Gasteiger partial charge in [-0.15, -0.1) is 0 Å². The van der Waals surface area contributed by atoms with Crippen molar-refractivity contribution in [1.29, 1.82) is 0 Å². The molecule has 28 heavy (non-hydrogen) atoms. The molecule has 1 unspecified atom stereocenters. The molecule has 6 nitrogen and oxygen atoms in total. The van der Waals surface area contributed by atoms with Crippen molar-refractivity contribution in [2.45, 2.75) is 33.4 Å². The molecule has 1 amide bonds. The van der Waals surface area contributed by atoms with Gasteiger partial charge in [0.1, 0.15) is 6.54 Å². The Morgan fingerprint density at radius 1 is 1.21 bits per heavy atom. The van der Waals surface area contributed by atoms with Gasteiger partial charge in [-0.3, -0.25) is 14.5 Å². The summed E-state index contributed by atoms with van der Waals surface area (Å²) in [6.07, 6.45) is 0. The molecular weight excluding hydrogens is 372 g/mol. The van der Waals surface area contributed by atoms with Crippen molar-refractivity contribution in [3.8, 4) is 0 Å². The summed E-state index contributed by atoms with van der Waals surface area (Å²) in [4.78, 5) is 27.5. The molecule has 148 valence electrons. The minimum absolute atomic E-state index is 0.0842. The lowest BCUT2D eigenvalue weighted by atomic mass is 10.1. The van der Waals surface area contributed by atoms with Gasteiger partial charge in [0, 0.05) is 11.9 Å². The van der Waals surface area contributed by atoms with E-state index >= 15 is 0 Å². The number of amides is 1. The van der Waals surface area contributed by atoms with Crippen LogP contribution in [-0.2, 0) is 11.3 Å². The number of hydrogen-bond acceptors (Lipinski definition) is 5. The molecule has 0 bridgehead atoms. The summed E-state index contributed by atoms with van der Waals surface area (Å²) in [5.41, 5.74) is 1.70. The van der Waals surface area contributed by atoms with Gasteiger partial charge < -0.3 is 5.32 Å². The van der Waals surface area contributed by atoms with E-state index in [1.807, 2.05) is 25.1 Å². The van der Waals surface area contributed by atoms with E-state index < -0.39 is 0 Å². The Hall–Kier alpha value is -2.51. The number of thiophene rings is 1. The predicted molar refractivity (Wildman–Crippen MR) is 114 cm³/mol. The van der Waals surface area contributed by atoms with Gasteiger partial charge in [0.25, 0.3) is 5.56 Å². The van der Waals surface area contributed by atoms with E-state index in [9.17, 15) is 9.59 Å². The van der Waals surface area contributed by atoms with Crippen LogP contribution in [0.5, 0.6) is 0 Å². The monoisotopic (exact) mass is 398 g/mol. The smallest absolute Gasteiger partial charge is 0.275 e. The quantitative estimate of drug-likeness (QED) is 0.633. The fraction of sp³-hybridized carbons (Fsp3) is 0.381. The van der Waals surface area contributed by atoms with Crippen molar-refractivity contribution in [2.24, 2.45) is 0 Å². The van der Waals surface area contributed by atoms with Crippen molar-refractivity contribution in [1.82, 2.24) is 20.0 Å². The van der Waals surface area contributed by atoms with Gasteiger partial charge in [0.05, 0.1) is 17.1 Å². The molecule has 0 spiro atoms. The van der Waals surface area contributed by atoms with E-state index in [2.05, 4.69) is 46.0 Å². The van der Waals surface area contributed by atoms with Crippen molar-refractivity contribution in [3.05, 3.63) is 62.7 Å². The fourth-order valence-corrected chi connectivity index (χ4v) is 4.21. The zero-order chi connectivity index (χ0) is 20.1. The summed E-state index contributed by atoms with van der Waals surface area (Å²) < 4.78 is 1.25. The predicted octanol–water partition coefficient (Wildman–Crippen LogP) is 2.97. The van der Waals surface area contributed by atoms with E-state index in [1.165, 1.54) is 10.2 Å². The number of nitrogens with zero attached hydrogens (tertiary/aromatic N) is 3. The van der Waals surface area contributed by atoms with Crippen molar-refractivity contribution in [2.75, 3.05) is 19.6 Å². The van der Waals surface area contributed by atoms with Crippen LogP contribution >= 0.6 is 11.3 Å². The molecule has 3 aromatic rings. The molecule has 2 heterocycles. The summed E-state index contributed by atoms with van der Waals surface area (Å²) >= 11 is 1.65. The van der Waals surface area contributed by atoms with Gasteiger partial charge in [0.15, 0.2) is 0 Å². The topological polar surface area (TPSA) is 67.2 Å². The highest BCUT2D eigenvalue weighted by molar-refractivity contribution is 7.07. The number of carbonyl (C=O) groups is 1. The van der Waals surface area contributed by atoms with Crippen LogP contribution in [0, 0.1) is 6.92 Å². The Balaban J connectivity index is 1.74. The molecular formula is C21H26N4O2S. The second-order valence-electron chi connectivity index (χ2n) is 6.69. The number of aromatic nitrogens is 2. The number of nitrogens with one attached hydrogen (secondary N) is 1. The molecule has 1 atom stereocenters. The number of fused-ring (bicyclic) bond motifs is 1. The van der Waals surface area contributed by atoms with E-state index in [4.69, 9.17) is 0 Å². The average Bonchev–Trinajstić information content (AvgIpc) is 3.23. The second kappa shape index (κ2) is 9.12. The Bertz CT molecular complexity index is 993. The molecule has 0 aliphatic rings. The minimum Gasteiger partial charge on any atom is -0.353 e. The first-order valence-corrected chi connectivity index (χ1v) is 10.5. The van der Waals surface area contributed by atoms with Crippen molar-refractivity contribution < 1.29 is 4.79 Å². The van der Waals surface area contributed by atoms with Gasteiger partial charge in [-0.1, -0.05) is 32.0 Å². The molecule has 0 radical (unpaired) electrons. The van der Waals surface area contributed by atoms with Gasteiger partial charge in [-0.2, -0.15) is 16.4 Å². The first kappa shape index (κ1) is 20.2. The molecule has 0 aliphatic heterocycles. The fourth-order valence-electron chi connectivity index (χ4n) is 3.50. The Morgan fingerprint density at radius 3 is 2.57 bits per heavy atom. The highest BCUT2D eigenvalue weighted by Crippen LogP contribution is 2.22. The SMILES string of the molecule is CCN(CC)C(CNC(=O)Cn1nc(C)c2ccccc2c1=O)c1ccsc1. The Labute approximate surface area is 168 Å². The second-order valence-corrected chi connectivity index (χ2v) is 7.47. The van der Waals surface area contributed by atoms with Crippen LogP contribution in [0.15, 0.2) is 45.9 Å². The van der Waals surface area contributed by atoms with E-state index in [-0.39, 0.29) is 24.1 Å². The van der Waals surface area contributed by atoms with Gasteiger partial charge in [0.2, 0.25) is 5.91 Å². The molecule has 1 aromatic carbocycles. The largest absolute Gasteiger partial charge is 0.353 e. The highest BCUT2D eigenvalue weighted by atomic mass is 32.1. The van der Waals surface area contributed by atoms with Crippen LogP contribution in [0.25, 0.3) is 10.8 Å². The zero-order valence-electron chi connectivity index (χ0n) is 16.5. The summed E-state index contributed by atoms with van der Waals surface area (Å²) in [7, 11) is 0. The summed E-state index contributed by atoms with van der Waals surface area (Å²) in [6.45, 7) is 8.30. The average molecular weight is 399 g/mol. The van der Waals surface area contributed by atoms with Crippen LogP contribution in [0.4, 0.5) is 0 Å². The summed E-state index contributed by atoms with van der Waals surface area (Å²) in [6, 6.07) is 9.56. The van der Waals surface area contributed by atoms with Crippen LogP contribution in [-0.4, -0.2) is 40.2 Å². The Morgan fingerprint density at radius 2 is 1.93 bits per heavy atom. The maximum absolute atomic E-state index is 12.7. The third-order valence-electron chi connectivity index (χ3n) is 5.02. The van der Waals surface area contributed by atoms with E-state index in [0.29, 0.717) is 11.9 Å². The molecule has 0 fully saturated rings. The summed E-state index contributed by atoms with van der Waals surface area (Å²) in [5.74, 6) is -0.211. The molecule has 0 saturated heterocycles. The van der Waals surface area contributed by atoms with Crippen molar-refractivity contribution in [3.63, 3.8) is 0 Å². The third-order valence-corrected chi connectivity index (χ3v) is 5.72. The van der Waals surface area contributed by atoms with E-state index in [0.717, 1.165) is 24.2 Å². The van der Waals surface area contributed by atoms with Crippen LogP contribution in [0.1, 0.15) is 31.1 Å². The number of benzene rings is 1. The van der Waals surface area contributed by atoms with Crippen LogP contribution in [0.3, 0.4) is 0 Å². The number of rotatable bonds is 8. The van der Waals surface area contributed by atoms with Crippen LogP contribution in [0.2, 0.25) is 0 Å². The standard InChI is InChI=1S/C21H26N4O2S/c1-4-24(5-2)19(16-10-11-28-14-16)12-22-20(26)13-25-21(27)18-9-7-6-8-17(18)15(3)23-25/h6-11,14,19H,4-5,12-13H2,1-3H3,(H,22,26). The maximum atomic E-state index is 12.7. The van der Waals surface area contributed by atoms with Gasteiger partial charge in [-0.05, 0) is 48.5 Å². The van der Waals surface area contributed by atoms with E-state index in [1.54, 1.807) is 17.4 Å². The maximum Gasteiger partial charge on any atom is 0.275 e. The Kier molecular flexibility index (Phi) is 6.59. The normalized spacial score (nSPS) is 12.4. The first-order valence-electron chi connectivity index (χ1n) is 9.54. The molecule has 1 N–H and O–H groups in total. The van der Waals surface area contributed by atoms with Crippen LogP contribution < -0.4 is 10.9 Å². The van der Waals surface area contributed by atoms with Gasteiger partial charge >= 0.3 is 0 Å². The molecule has 0 aliphatic carbocycles. The van der Waals surface area contributed by atoms with Gasteiger partial charge in [-0.25, -0.2) is 4.68 Å². The molecule has 3 rings (SSSR count). The highest BCUT2D eigenvalue weighted by Gasteiger charge is 2.19. The zero-order valence-corrected chi connectivity index (χ0v) is 17.3. The molecule has 0 saturated carbocycles. The third kappa shape index (κ3) is 4.31. The lowest BCUT2D eigenvalue weighted by molar-refractivity contribution is -0.122. The first-order chi connectivity index (χ1) is 13.5.